The van der Waals surface area contributed by atoms with Gasteiger partial charge >= 0.3 is 0 Å². The minimum atomic E-state index is -0.0370. The van der Waals surface area contributed by atoms with Crippen LogP contribution < -0.4 is 15.4 Å². The molecule has 1 saturated heterocycles. The number of benzene rings is 1. The first-order valence-electron chi connectivity index (χ1n) is 6.86. The van der Waals surface area contributed by atoms with Crippen LogP contribution in [0, 0.1) is 0 Å². The van der Waals surface area contributed by atoms with E-state index in [-0.39, 0.29) is 11.9 Å². The molecule has 0 aromatic heterocycles. The van der Waals surface area contributed by atoms with Crippen LogP contribution in [0.2, 0.25) is 0 Å². The molecule has 2 atom stereocenters. The zero-order valence-corrected chi connectivity index (χ0v) is 11.6. The summed E-state index contributed by atoms with van der Waals surface area (Å²) < 4.78 is 5.32. The van der Waals surface area contributed by atoms with E-state index in [1.165, 1.54) is 6.42 Å². The first kappa shape index (κ1) is 13.9. The van der Waals surface area contributed by atoms with Crippen molar-refractivity contribution in [3.63, 3.8) is 0 Å². The van der Waals surface area contributed by atoms with Gasteiger partial charge in [-0.3, -0.25) is 4.79 Å². The van der Waals surface area contributed by atoms with Crippen molar-refractivity contribution in [3.8, 4) is 5.75 Å². The fourth-order valence-corrected chi connectivity index (χ4v) is 2.56. The molecule has 2 rings (SSSR count). The lowest BCUT2D eigenvalue weighted by molar-refractivity contribution is -0.122. The number of rotatable bonds is 5. The van der Waals surface area contributed by atoms with E-state index in [0.29, 0.717) is 12.5 Å². The van der Waals surface area contributed by atoms with Crippen molar-refractivity contribution in [1.82, 2.24) is 10.6 Å². The molecule has 2 N–H and O–H groups in total. The number of methoxy groups -OCH3 is 1. The Labute approximate surface area is 114 Å². The molecule has 4 nitrogen and oxygen atoms in total. The molecule has 19 heavy (non-hydrogen) atoms. The van der Waals surface area contributed by atoms with Gasteiger partial charge in [0.25, 0.3) is 0 Å². The van der Waals surface area contributed by atoms with Crippen LogP contribution in [-0.2, 0) is 4.79 Å². The zero-order valence-electron chi connectivity index (χ0n) is 11.6. The molecule has 104 valence electrons. The SMILES string of the molecule is COc1ccccc1[C@H](C)NC(=O)CC1CCCN1. The minimum absolute atomic E-state index is 0.0370. The smallest absolute Gasteiger partial charge is 0.222 e. The summed E-state index contributed by atoms with van der Waals surface area (Å²) in [6, 6.07) is 8.09. The average molecular weight is 262 g/mol. The fourth-order valence-electron chi connectivity index (χ4n) is 2.56. The molecule has 1 aromatic carbocycles. The van der Waals surface area contributed by atoms with Gasteiger partial charge in [-0.15, -0.1) is 0 Å². The van der Waals surface area contributed by atoms with E-state index in [4.69, 9.17) is 4.74 Å². The lowest BCUT2D eigenvalue weighted by Gasteiger charge is -2.18. The van der Waals surface area contributed by atoms with Gasteiger partial charge in [-0.05, 0) is 32.4 Å². The van der Waals surface area contributed by atoms with Crippen molar-refractivity contribution in [2.45, 2.75) is 38.3 Å². The van der Waals surface area contributed by atoms with E-state index < -0.39 is 0 Å². The molecule has 1 aliphatic heterocycles. The van der Waals surface area contributed by atoms with Gasteiger partial charge < -0.3 is 15.4 Å². The highest BCUT2D eigenvalue weighted by atomic mass is 16.5. The van der Waals surface area contributed by atoms with E-state index in [1.807, 2.05) is 31.2 Å². The molecule has 1 unspecified atom stereocenters. The van der Waals surface area contributed by atoms with Crippen LogP contribution in [0.15, 0.2) is 24.3 Å². The number of amides is 1. The molecule has 0 bridgehead atoms. The fraction of sp³-hybridized carbons (Fsp3) is 0.533. The van der Waals surface area contributed by atoms with Gasteiger partial charge in [0, 0.05) is 18.0 Å². The first-order chi connectivity index (χ1) is 9.20. The van der Waals surface area contributed by atoms with Gasteiger partial charge in [0.1, 0.15) is 5.75 Å². The number of nitrogens with one attached hydrogen (secondary N) is 2. The summed E-state index contributed by atoms with van der Waals surface area (Å²) in [5.41, 5.74) is 1.01. The van der Waals surface area contributed by atoms with E-state index in [0.717, 1.165) is 24.3 Å². The Morgan fingerprint density at radius 3 is 3.00 bits per heavy atom. The molecule has 0 saturated carbocycles. The molecule has 1 fully saturated rings. The summed E-state index contributed by atoms with van der Waals surface area (Å²) in [5, 5.41) is 6.38. The van der Waals surface area contributed by atoms with Gasteiger partial charge in [0.2, 0.25) is 5.91 Å². The first-order valence-corrected chi connectivity index (χ1v) is 6.86. The molecular weight excluding hydrogens is 240 g/mol. The highest BCUT2D eigenvalue weighted by Gasteiger charge is 2.19. The maximum absolute atomic E-state index is 12.0. The van der Waals surface area contributed by atoms with E-state index in [2.05, 4.69) is 10.6 Å². The second-order valence-electron chi connectivity index (χ2n) is 5.03. The van der Waals surface area contributed by atoms with Crippen molar-refractivity contribution >= 4 is 5.91 Å². The Balaban J connectivity index is 1.92. The topological polar surface area (TPSA) is 50.4 Å². The number of carbonyl (C=O) groups excluding carboxylic acids is 1. The third-order valence-electron chi connectivity index (χ3n) is 3.58. The monoisotopic (exact) mass is 262 g/mol. The largest absolute Gasteiger partial charge is 0.496 e. The van der Waals surface area contributed by atoms with Crippen LogP contribution in [0.4, 0.5) is 0 Å². The van der Waals surface area contributed by atoms with Crippen LogP contribution in [0.25, 0.3) is 0 Å². The molecule has 0 spiro atoms. The number of para-hydroxylation sites is 1. The summed E-state index contributed by atoms with van der Waals surface area (Å²) >= 11 is 0. The van der Waals surface area contributed by atoms with Gasteiger partial charge in [-0.2, -0.15) is 0 Å². The third-order valence-corrected chi connectivity index (χ3v) is 3.58. The predicted molar refractivity (Wildman–Crippen MR) is 75.2 cm³/mol. The Bertz CT molecular complexity index is 428. The van der Waals surface area contributed by atoms with Gasteiger partial charge in [-0.1, -0.05) is 18.2 Å². The summed E-state index contributed by atoms with van der Waals surface area (Å²) in [4.78, 5) is 12.0. The Morgan fingerprint density at radius 1 is 1.53 bits per heavy atom. The Morgan fingerprint density at radius 2 is 2.32 bits per heavy atom. The molecule has 1 heterocycles. The van der Waals surface area contributed by atoms with Crippen LogP contribution in [0.1, 0.15) is 37.8 Å². The van der Waals surface area contributed by atoms with Gasteiger partial charge in [0.15, 0.2) is 0 Å². The maximum Gasteiger partial charge on any atom is 0.222 e. The average Bonchev–Trinajstić information content (AvgIpc) is 2.91. The van der Waals surface area contributed by atoms with Crippen molar-refractivity contribution in [1.29, 1.82) is 0 Å². The normalized spacial score (nSPS) is 20.0. The van der Waals surface area contributed by atoms with Crippen LogP contribution in [0.3, 0.4) is 0 Å². The number of hydrogen-bond acceptors (Lipinski definition) is 3. The van der Waals surface area contributed by atoms with Gasteiger partial charge in [-0.25, -0.2) is 0 Å². The van der Waals surface area contributed by atoms with Crippen molar-refractivity contribution in [2.24, 2.45) is 0 Å². The zero-order chi connectivity index (χ0) is 13.7. The summed E-state index contributed by atoms with van der Waals surface area (Å²) in [7, 11) is 1.65. The van der Waals surface area contributed by atoms with Crippen molar-refractivity contribution in [3.05, 3.63) is 29.8 Å². The minimum Gasteiger partial charge on any atom is -0.496 e. The maximum atomic E-state index is 12.0. The molecule has 0 radical (unpaired) electrons. The summed E-state index contributed by atoms with van der Waals surface area (Å²) in [5.74, 6) is 0.909. The molecule has 0 aliphatic carbocycles. The summed E-state index contributed by atoms with van der Waals surface area (Å²) in [6.07, 6.45) is 2.82. The lowest BCUT2D eigenvalue weighted by atomic mass is 10.1. The van der Waals surface area contributed by atoms with Crippen LogP contribution >= 0.6 is 0 Å². The molecule has 1 amide bonds. The van der Waals surface area contributed by atoms with E-state index in [9.17, 15) is 4.79 Å². The van der Waals surface area contributed by atoms with E-state index in [1.54, 1.807) is 7.11 Å². The Kier molecular flexibility index (Phi) is 4.80. The lowest BCUT2D eigenvalue weighted by Crippen LogP contribution is -2.33. The predicted octanol–water partition coefficient (Wildman–Crippen LogP) is 2.01. The Hall–Kier alpha value is -1.55. The highest BCUT2D eigenvalue weighted by Crippen LogP contribution is 2.24. The number of carbonyl (C=O) groups is 1. The standard InChI is InChI=1S/C15H22N2O2/c1-11(13-7-3-4-8-14(13)19-2)17-15(18)10-12-6-5-9-16-12/h3-4,7-8,11-12,16H,5-6,9-10H2,1-2H3,(H,17,18)/t11-,12?/m0/s1. The quantitative estimate of drug-likeness (QED) is 0.853. The number of hydrogen-bond donors (Lipinski definition) is 2. The molecular formula is C15H22N2O2. The van der Waals surface area contributed by atoms with Crippen molar-refractivity contribution < 1.29 is 9.53 Å². The molecule has 1 aliphatic rings. The van der Waals surface area contributed by atoms with Gasteiger partial charge in [0.05, 0.1) is 13.2 Å². The third kappa shape index (κ3) is 3.70. The van der Waals surface area contributed by atoms with Crippen LogP contribution in [-0.4, -0.2) is 25.6 Å². The number of ether oxygens (including phenoxy) is 1. The summed E-state index contributed by atoms with van der Waals surface area (Å²) in [6.45, 7) is 3.01. The highest BCUT2D eigenvalue weighted by molar-refractivity contribution is 5.77. The second kappa shape index (κ2) is 6.57. The molecule has 1 aromatic rings. The van der Waals surface area contributed by atoms with E-state index >= 15 is 0 Å². The molecule has 4 heteroatoms. The second-order valence-corrected chi connectivity index (χ2v) is 5.03. The van der Waals surface area contributed by atoms with Crippen LogP contribution in [0.5, 0.6) is 5.75 Å². The van der Waals surface area contributed by atoms with Crippen molar-refractivity contribution in [2.75, 3.05) is 13.7 Å².